The number of piperidine rings is 1. The van der Waals surface area contributed by atoms with Crippen LogP contribution in [0.15, 0.2) is 48.5 Å². The van der Waals surface area contributed by atoms with Gasteiger partial charge in [-0.05, 0) is 30.2 Å². The number of carbonyl (C=O) groups excluding carboxylic acids is 1. The Hall–Kier alpha value is -3.26. The largest absolute Gasteiger partial charge is 0.478 e. The van der Waals surface area contributed by atoms with Gasteiger partial charge in [0.05, 0.1) is 17.7 Å². The molecule has 2 aromatic carbocycles. The number of hydrogen-bond acceptors (Lipinski definition) is 6. The summed E-state index contributed by atoms with van der Waals surface area (Å²) in [4.78, 5) is 25.5. The first-order valence-electron chi connectivity index (χ1n) is 9.35. The molecular formula is C21H25N3O5. The normalized spacial score (nSPS) is 18.9. The number of anilines is 2. The van der Waals surface area contributed by atoms with E-state index in [1.54, 1.807) is 25.3 Å². The van der Waals surface area contributed by atoms with Crippen LogP contribution in [0.3, 0.4) is 0 Å². The van der Waals surface area contributed by atoms with Crippen molar-refractivity contribution >= 4 is 23.4 Å². The Morgan fingerprint density at radius 2 is 2.00 bits per heavy atom. The molecule has 154 valence electrons. The molecule has 8 heteroatoms. The van der Waals surface area contributed by atoms with Crippen molar-refractivity contribution in [3.05, 3.63) is 59.7 Å². The van der Waals surface area contributed by atoms with Gasteiger partial charge in [0.15, 0.2) is 0 Å². The number of carbonyl (C=O) groups is 2. The van der Waals surface area contributed by atoms with Crippen LogP contribution in [-0.4, -0.2) is 49.5 Å². The molecule has 1 heterocycles. The lowest BCUT2D eigenvalue weighted by molar-refractivity contribution is 0.0546. The highest BCUT2D eigenvalue weighted by atomic mass is 16.5. The van der Waals surface area contributed by atoms with E-state index >= 15 is 0 Å². The summed E-state index contributed by atoms with van der Waals surface area (Å²) < 4.78 is 10.9. The van der Waals surface area contributed by atoms with Crippen LogP contribution < -0.4 is 16.0 Å². The Balaban J connectivity index is 1.58. The monoisotopic (exact) mass is 399 g/mol. The molecule has 29 heavy (non-hydrogen) atoms. The van der Waals surface area contributed by atoms with Crippen LogP contribution in [0.5, 0.6) is 0 Å². The van der Waals surface area contributed by atoms with E-state index in [0.29, 0.717) is 19.5 Å². The van der Waals surface area contributed by atoms with Crippen LogP contribution in [0.25, 0.3) is 0 Å². The highest BCUT2D eigenvalue weighted by Gasteiger charge is 2.31. The molecule has 0 radical (unpaired) electrons. The Bertz CT molecular complexity index is 859. The van der Waals surface area contributed by atoms with Gasteiger partial charge in [-0.3, -0.25) is 0 Å². The molecule has 8 nitrogen and oxygen atoms in total. The predicted octanol–water partition coefficient (Wildman–Crippen LogP) is 2.49. The smallest absolute Gasteiger partial charge is 0.407 e. The first-order chi connectivity index (χ1) is 14.0. The SMILES string of the molecule is CO[C@H]1CN(c2ccc(N)c(C(=O)O)c2)CC[C@H]1NC(=O)OCc1ccccc1. The summed E-state index contributed by atoms with van der Waals surface area (Å²) in [6.07, 6.45) is -0.125. The fraction of sp³-hybridized carbons (Fsp3) is 0.333. The van der Waals surface area contributed by atoms with Crippen molar-refractivity contribution in [2.45, 2.75) is 25.2 Å². The molecule has 0 aromatic heterocycles. The number of nitrogens with two attached hydrogens (primary N) is 1. The van der Waals surface area contributed by atoms with Crippen LogP contribution in [0.2, 0.25) is 0 Å². The lowest BCUT2D eigenvalue weighted by atomic mass is 10.0. The number of methoxy groups -OCH3 is 1. The van der Waals surface area contributed by atoms with Crippen molar-refractivity contribution in [2.75, 3.05) is 30.8 Å². The van der Waals surface area contributed by atoms with Gasteiger partial charge in [0.1, 0.15) is 6.61 Å². The molecule has 1 saturated heterocycles. The first-order valence-corrected chi connectivity index (χ1v) is 9.35. The molecule has 0 spiro atoms. The average Bonchev–Trinajstić information content (AvgIpc) is 2.73. The van der Waals surface area contributed by atoms with Gasteiger partial charge in [-0.1, -0.05) is 30.3 Å². The second kappa shape index (κ2) is 9.29. The van der Waals surface area contributed by atoms with Crippen molar-refractivity contribution in [2.24, 2.45) is 0 Å². The van der Waals surface area contributed by atoms with E-state index < -0.39 is 12.1 Å². The topological polar surface area (TPSA) is 114 Å². The maximum absolute atomic E-state index is 12.2. The maximum atomic E-state index is 12.2. The molecule has 0 saturated carbocycles. The second-order valence-corrected chi connectivity index (χ2v) is 6.90. The summed E-state index contributed by atoms with van der Waals surface area (Å²) in [6.45, 7) is 1.34. The Morgan fingerprint density at radius 1 is 1.24 bits per heavy atom. The van der Waals surface area contributed by atoms with Crippen molar-refractivity contribution < 1.29 is 24.2 Å². The number of amides is 1. The summed E-state index contributed by atoms with van der Waals surface area (Å²) in [6, 6.07) is 14.2. The number of nitrogens with zero attached hydrogens (tertiary/aromatic N) is 1. The molecule has 2 atom stereocenters. The van der Waals surface area contributed by atoms with E-state index in [1.807, 2.05) is 35.2 Å². The minimum absolute atomic E-state index is 0.0706. The fourth-order valence-corrected chi connectivity index (χ4v) is 3.40. The summed E-state index contributed by atoms with van der Waals surface area (Å²) in [5, 5.41) is 12.2. The summed E-state index contributed by atoms with van der Waals surface area (Å²) >= 11 is 0. The molecule has 4 N–H and O–H groups in total. The van der Waals surface area contributed by atoms with Gasteiger partial charge in [0.2, 0.25) is 0 Å². The standard InChI is InChI=1S/C21H25N3O5/c1-28-19-12-24(15-7-8-17(22)16(11-15)20(25)26)10-9-18(19)23-21(27)29-13-14-5-3-2-4-6-14/h2-8,11,18-19H,9-10,12-13,22H2,1H3,(H,23,27)(H,25,26)/t18-,19+/m1/s1. The third-order valence-electron chi connectivity index (χ3n) is 5.01. The van der Waals surface area contributed by atoms with E-state index in [1.165, 1.54) is 0 Å². The van der Waals surface area contributed by atoms with E-state index in [4.69, 9.17) is 15.2 Å². The van der Waals surface area contributed by atoms with Gasteiger partial charge >= 0.3 is 12.1 Å². The third kappa shape index (κ3) is 5.17. The molecule has 1 fully saturated rings. The number of carboxylic acids is 1. The van der Waals surface area contributed by atoms with Gasteiger partial charge in [0.25, 0.3) is 0 Å². The van der Waals surface area contributed by atoms with Gasteiger partial charge in [-0.2, -0.15) is 0 Å². The van der Waals surface area contributed by atoms with Crippen molar-refractivity contribution in [1.82, 2.24) is 5.32 Å². The first kappa shape index (κ1) is 20.5. The van der Waals surface area contributed by atoms with Gasteiger partial charge < -0.3 is 30.5 Å². The van der Waals surface area contributed by atoms with Crippen LogP contribution in [0.1, 0.15) is 22.3 Å². The molecule has 1 aliphatic rings. The molecule has 0 unspecified atom stereocenters. The van der Waals surface area contributed by atoms with E-state index in [0.717, 1.165) is 11.3 Å². The van der Waals surface area contributed by atoms with E-state index in [-0.39, 0.29) is 30.0 Å². The number of nitrogens with one attached hydrogen (secondary N) is 1. The fourth-order valence-electron chi connectivity index (χ4n) is 3.40. The van der Waals surface area contributed by atoms with Crippen LogP contribution in [0, 0.1) is 0 Å². The summed E-state index contributed by atoms with van der Waals surface area (Å²) in [5.41, 5.74) is 7.70. The number of carboxylic acid groups (broad SMARTS) is 1. The molecule has 0 bridgehead atoms. The number of alkyl carbamates (subject to hydrolysis) is 1. The summed E-state index contributed by atoms with van der Waals surface area (Å²) in [7, 11) is 1.59. The number of nitrogen functional groups attached to an aromatic ring is 1. The second-order valence-electron chi connectivity index (χ2n) is 6.90. The van der Waals surface area contributed by atoms with Crippen molar-refractivity contribution in [3.8, 4) is 0 Å². The molecule has 1 aliphatic heterocycles. The van der Waals surface area contributed by atoms with E-state index in [9.17, 15) is 14.7 Å². The Labute approximate surface area is 169 Å². The Kier molecular flexibility index (Phi) is 6.56. The van der Waals surface area contributed by atoms with Crippen LogP contribution in [-0.2, 0) is 16.1 Å². The van der Waals surface area contributed by atoms with Gasteiger partial charge in [-0.25, -0.2) is 9.59 Å². The molecule has 0 aliphatic carbocycles. The lowest BCUT2D eigenvalue weighted by Gasteiger charge is -2.39. The zero-order valence-corrected chi connectivity index (χ0v) is 16.2. The number of benzene rings is 2. The molecule has 1 amide bonds. The van der Waals surface area contributed by atoms with E-state index in [2.05, 4.69) is 5.32 Å². The number of hydrogen-bond donors (Lipinski definition) is 3. The zero-order valence-electron chi connectivity index (χ0n) is 16.2. The third-order valence-corrected chi connectivity index (χ3v) is 5.01. The Morgan fingerprint density at radius 3 is 2.69 bits per heavy atom. The summed E-state index contributed by atoms with van der Waals surface area (Å²) in [5.74, 6) is -1.06. The molecule has 2 aromatic rings. The van der Waals surface area contributed by atoms with Crippen molar-refractivity contribution in [1.29, 1.82) is 0 Å². The van der Waals surface area contributed by atoms with Gasteiger partial charge in [0, 0.05) is 31.6 Å². The van der Waals surface area contributed by atoms with Crippen LogP contribution in [0.4, 0.5) is 16.2 Å². The predicted molar refractivity (Wildman–Crippen MR) is 109 cm³/mol. The highest BCUT2D eigenvalue weighted by Crippen LogP contribution is 2.25. The van der Waals surface area contributed by atoms with Crippen LogP contribution >= 0.6 is 0 Å². The molecular weight excluding hydrogens is 374 g/mol. The maximum Gasteiger partial charge on any atom is 0.407 e. The van der Waals surface area contributed by atoms with Gasteiger partial charge in [-0.15, -0.1) is 0 Å². The molecule has 3 rings (SSSR count). The minimum atomic E-state index is -1.06. The lowest BCUT2D eigenvalue weighted by Crippen LogP contribution is -2.55. The quantitative estimate of drug-likeness (QED) is 0.640. The number of rotatable bonds is 6. The number of aromatic carboxylic acids is 1. The average molecular weight is 399 g/mol. The minimum Gasteiger partial charge on any atom is -0.478 e. The van der Waals surface area contributed by atoms with Crippen molar-refractivity contribution in [3.63, 3.8) is 0 Å². The highest BCUT2D eigenvalue weighted by molar-refractivity contribution is 5.94. The number of ether oxygens (including phenoxy) is 2. The zero-order chi connectivity index (χ0) is 20.8.